The summed E-state index contributed by atoms with van der Waals surface area (Å²) in [6.45, 7) is 2.97. The number of hydrogen-bond acceptors (Lipinski definition) is 3. The molecule has 1 aromatic heterocycles. The van der Waals surface area contributed by atoms with Crippen LogP contribution >= 0.6 is 0 Å². The first kappa shape index (κ1) is 12.2. The van der Waals surface area contributed by atoms with Gasteiger partial charge in [0.05, 0.1) is 11.9 Å². The Balaban J connectivity index is 1.77. The fraction of sp³-hybridized carbons (Fsp3) is 0.733. The minimum atomic E-state index is 0.218. The van der Waals surface area contributed by atoms with E-state index in [4.69, 9.17) is 9.15 Å². The zero-order chi connectivity index (χ0) is 12.6. The summed E-state index contributed by atoms with van der Waals surface area (Å²) in [7, 11) is 2.06. The fourth-order valence-electron chi connectivity index (χ4n) is 3.63. The van der Waals surface area contributed by atoms with E-state index in [0.29, 0.717) is 12.0 Å². The van der Waals surface area contributed by atoms with Gasteiger partial charge in [0.25, 0.3) is 0 Å². The number of ether oxygens (including phenoxy) is 1. The molecule has 2 fully saturated rings. The maximum atomic E-state index is 6.02. The first-order valence-corrected chi connectivity index (χ1v) is 7.09. The van der Waals surface area contributed by atoms with Crippen LogP contribution in [0.3, 0.4) is 0 Å². The summed E-state index contributed by atoms with van der Waals surface area (Å²) < 4.78 is 11.5. The lowest BCUT2D eigenvalue weighted by Gasteiger charge is -2.48. The van der Waals surface area contributed by atoms with E-state index in [0.717, 1.165) is 18.8 Å². The Morgan fingerprint density at radius 1 is 1.44 bits per heavy atom. The largest absolute Gasteiger partial charge is 0.469 e. The number of rotatable bonds is 3. The van der Waals surface area contributed by atoms with Gasteiger partial charge in [-0.1, -0.05) is 0 Å². The molecule has 100 valence electrons. The summed E-state index contributed by atoms with van der Waals surface area (Å²) in [6.07, 6.45) is 7.99. The van der Waals surface area contributed by atoms with Crippen molar-refractivity contribution >= 4 is 0 Å². The predicted molar refractivity (Wildman–Crippen MR) is 70.5 cm³/mol. The molecule has 1 saturated carbocycles. The number of aryl methyl sites for hydroxylation is 1. The SMILES string of the molecule is CNC(c1ccoc1C)C1CCOC2(CCC2)C1. The molecule has 0 bridgehead atoms. The summed E-state index contributed by atoms with van der Waals surface area (Å²) in [5.74, 6) is 1.71. The van der Waals surface area contributed by atoms with E-state index >= 15 is 0 Å². The van der Waals surface area contributed by atoms with Crippen LogP contribution < -0.4 is 5.32 Å². The first-order chi connectivity index (χ1) is 8.74. The van der Waals surface area contributed by atoms with Gasteiger partial charge in [-0.2, -0.15) is 0 Å². The van der Waals surface area contributed by atoms with Gasteiger partial charge in [-0.25, -0.2) is 0 Å². The van der Waals surface area contributed by atoms with E-state index in [1.165, 1.54) is 31.2 Å². The standard InChI is InChI=1S/C15H23NO2/c1-11-13(5-8-17-11)14(16-2)12-4-9-18-15(10-12)6-3-7-15/h5,8,12,14,16H,3-4,6-7,9-10H2,1-2H3. The van der Waals surface area contributed by atoms with Crippen LogP contribution in [-0.4, -0.2) is 19.3 Å². The molecule has 3 nitrogen and oxygen atoms in total. The van der Waals surface area contributed by atoms with Gasteiger partial charge in [0.2, 0.25) is 0 Å². The van der Waals surface area contributed by atoms with E-state index in [1.54, 1.807) is 6.26 Å². The average Bonchev–Trinajstić information content (AvgIpc) is 2.75. The third kappa shape index (κ3) is 1.99. The molecule has 1 N–H and O–H groups in total. The summed E-state index contributed by atoms with van der Waals surface area (Å²) in [4.78, 5) is 0. The summed E-state index contributed by atoms with van der Waals surface area (Å²) in [5, 5.41) is 3.49. The molecule has 2 atom stereocenters. The Labute approximate surface area is 109 Å². The Bertz CT molecular complexity index is 408. The van der Waals surface area contributed by atoms with Gasteiger partial charge in [-0.05, 0) is 58.1 Å². The molecule has 0 aromatic carbocycles. The van der Waals surface area contributed by atoms with E-state index in [2.05, 4.69) is 25.4 Å². The van der Waals surface area contributed by atoms with Crippen LogP contribution in [0.4, 0.5) is 0 Å². The molecule has 2 unspecified atom stereocenters. The van der Waals surface area contributed by atoms with E-state index in [9.17, 15) is 0 Å². The highest BCUT2D eigenvalue weighted by Gasteiger charge is 2.44. The lowest BCUT2D eigenvalue weighted by molar-refractivity contribution is -0.147. The maximum Gasteiger partial charge on any atom is 0.105 e. The lowest BCUT2D eigenvalue weighted by Crippen LogP contribution is -2.47. The Hall–Kier alpha value is -0.800. The van der Waals surface area contributed by atoms with Crippen molar-refractivity contribution in [2.24, 2.45) is 5.92 Å². The van der Waals surface area contributed by atoms with Gasteiger partial charge in [0.15, 0.2) is 0 Å². The maximum absolute atomic E-state index is 6.02. The summed E-state index contributed by atoms with van der Waals surface area (Å²) >= 11 is 0. The molecule has 1 saturated heterocycles. The monoisotopic (exact) mass is 249 g/mol. The molecule has 2 heterocycles. The third-order valence-electron chi connectivity index (χ3n) is 4.81. The molecular formula is C15H23NO2. The van der Waals surface area contributed by atoms with Crippen molar-refractivity contribution in [2.75, 3.05) is 13.7 Å². The molecule has 1 spiro atoms. The van der Waals surface area contributed by atoms with Gasteiger partial charge in [0, 0.05) is 18.2 Å². The van der Waals surface area contributed by atoms with Gasteiger partial charge in [-0.15, -0.1) is 0 Å². The van der Waals surface area contributed by atoms with Crippen molar-refractivity contribution in [3.05, 3.63) is 23.7 Å². The molecule has 0 radical (unpaired) electrons. The Morgan fingerprint density at radius 3 is 2.83 bits per heavy atom. The molecule has 1 aromatic rings. The highest BCUT2D eigenvalue weighted by Crippen LogP contribution is 2.47. The van der Waals surface area contributed by atoms with E-state index in [-0.39, 0.29) is 5.60 Å². The minimum Gasteiger partial charge on any atom is -0.469 e. The normalized spacial score (nSPS) is 28.0. The molecule has 3 heteroatoms. The van der Waals surface area contributed by atoms with Gasteiger partial charge >= 0.3 is 0 Å². The van der Waals surface area contributed by atoms with Gasteiger partial charge in [-0.3, -0.25) is 0 Å². The highest BCUT2D eigenvalue weighted by atomic mass is 16.5. The third-order valence-corrected chi connectivity index (χ3v) is 4.81. The topological polar surface area (TPSA) is 34.4 Å². The second-order valence-corrected chi connectivity index (χ2v) is 5.84. The fourth-order valence-corrected chi connectivity index (χ4v) is 3.63. The summed E-state index contributed by atoms with van der Waals surface area (Å²) in [6, 6.07) is 2.52. The second kappa shape index (κ2) is 4.71. The van der Waals surface area contributed by atoms with Crippen molar-refractivity contribution in [1.82, 2.24) is 5.32 Å². The minimum absolute atomic E-state index is 0.218. The van der Waals surface area contributed by atoms with Gasteiger partial charge < -0.3 is 14.5 Å². The van der Waals surface area contributed by atoms with Crippen molar-refractivity contribution < 1.29 is 9.15 Å². The van der Waals surface area contributed by atoms with E-state index < -0.39 is 0 Å². The molecule has 3 rings (SSSR count). The Morgan fingerprint density at radius 2 is 2.28 bits per heavy atom. The quantitative estimate of drug-likeness (QED) is 0.893. The predicted octanol–water partition coefficient (Wildman–Crippen LogP) is 3.20. The zero-order valence-corrected chi connectivity index (χ0v) is 11.4. The second-order valence-electron chi connectivity index (χ2n) is 5.84. The molecular weight excluding hydrogens is 226 g/mol. The van der Waals surface area contributed by atoms with Crippen molar-refractivity contribution in [3.8, 4) is 0 Å². The molecule has 1 aliphatic heterocycles. The van der Waals surface area contributed by atoms with Crippen LogP contribution in [0.5, 0.6) is 0 Å². The summed E-state index contributed by atoms with van der Waals surface area (Å²) in [5.41, 5.74) is 1.54. The van der Waals surface area contributed by atoms with Crippen LogP contribution in [-0.2, 0) is 4.74 Å². The van der Waals surface area contributed by atoms with Crippen LogP contribution in [0.25, 0.3) is 0 Å². The number of nitrogens with one attached hydrogen (secondary N) is 1. The van der Waals surface area contributed by atoms with Crippen LogP contribution in [0.1, 0.15) is 49.5 Å². The lowest BCUT2D eigenvalue weighted by atomic mass is 9.69. The molecule has 2 aliphatic rings. The molecule has 0 amide bonds. The molecule has 18 heavy (non-hydrogen) atoms. The zero-order valence-electron chi connectivity index (χ0n) is 11.4. The van der Waals surface area contributed by atoms with Crippen molar-refractivity contribution in [2.45, 2.75) is 50.7 Å². The van der Waals surface area contributed by atoms with E-state index in [1.807, 2.05) is 0 Å². The number of furan rings is 1. The number of hydrogen-bond donors (Lipinski definition) is 1. The molecule has 1 aliphatic carbocycles. The van der Waals surface area contributed by atoms with Crippen molar-refractivity contribution in [3.63, 3.8) is 0 Å². The van der Waals surface area contributed by atoms with Crippen LogP contribution in [0.2, 0.25) is 0 Å². The first-order valence-electron chi connectivity index (χ1n) is 7.09. The van der Waals surface area contributed by atoms with Gasteiger partial charge in [0.1, 0.15) is 5.76 Å². The Kier molecular flexibility index (Phi) is 3.20. The average molecular weight is 249 g/mol. The van der Waals surface area contributed by atoms with Crippen LogP contribution in [0.15, 0.2) is 16.7 Å². The highest BCUT2D eigenvalue weighted by molar-refractivity contribution is 5.21. The van der Waals surface area contributed by atoms with Crippen molar-refractivity contribution in [1.29, 1.82) is 0 Å². The van der Waals surface area contributed by atoms with Crippen LogP contribution in [0, 0.1) is 12.8 Å². The smallest absolute Gasteiger partial charge is 0.105 e.